The van der Waals surface area contributed by atoms with Crippen LogP contribution in [0.3, 0.4) is 0 Å². The number of hydrogen-bond donors (Lipinski definition) is 1. The quantitative estimate of drug-likeness (QED) is 0.804. The van der Waals surface area contributed by atoms with Crippen LogP contribution in [0.5, 0.6) is 0 Å². The first-order chi connectivity index (χ1) is 7.52. The summed E-state index contributed by atoms with van der Waals surface area (Å²) >= 11 is 0. The molecule has 0 radical (unpaired) electrons. The molecular formula is C10H18ClNO4S. The van der Waals surface area contributed by atoms with Crippen LogP contribution in [-0.2, 0) is 13.8 Å². The number of amides is 1. The smallest absolute Gasteiger partial charge is 0.408 e. The van der Waals surface area contributed by atoms with Gasteiger partial charge in [0.1, 0.15) is 5.60 Å². The summed E-state index contributed by atoms with van der Waals surface area (Å²) in [7, 11) is 1.60. The van der Waals surface area contributed by atoms with Crippen molar-refractivity contribution in [2.24, 2.45) is 0 Å². The van der Waals surface area contributed by atoms with Gasteiger partial charge in [-0.05, 0) is 40.0 Å². The van der Waals surface area contributed by atoms with Crippen LogP contribution in [0, 0.1) is 0 Å². The Morgan fingerprint density at radius 1 is 1.41 bits per heavy atom. The molecular weight excluding hydrogens is 266 g/mol. The van der Waals surface area contributed by atoms with Crippen molar-refractivity contribution in [1.82, 2.24) is 5.32 Å². The Morgan fingerprint density at radius 3 is 2.24 bits per heavy atom. The average Bonchev–Trinajstić information content (AvgIpc) is 1.93. The summed E-state index contributed by atoms with van der Waals surface area (Å²) in [6.07, 6.45) is 1.50. The predicted molar refractivity (Wildman–Crippen MR) is 65.6 cm³/mol. The first-order valence-corrected chi connectivity index (χ1v) is 7.93. The maximum atomic E-state index is 11.6. The van der Waals surface area contributed by atoms with Gasteiger partial charge in [-0.15, -0.1) is 0 Å². The fraction of sp³-hybridized carbons (Fsp3) is 0.900. The average molecular weight is 284 g/mol. The van der Waals surface area contributed by atoms with Crippen LogP contribution in [0.2, 0.25) is 0 Å². The molecule has 7 heteroatoms. The van der Waals surface area contributed by atoms with E-state index in [2.05, 4.69) is 5.32 Å². The number of carbonyl (C=O) groups excluding carboxylic acids is 1. The molecule has 17 heavy (non-hydrogen) atoms. The lowest BCUT2D eigenvalue weighted by Gasteiger charge is -2.41. The van der Waals surface area contributed by atoms with Gasteiger partial charge in [0, 0.05) is 10.7 Å². The minimum atomic E-state index is -3.63. The van der Waals surface area contributed by atoms with Crippen LogP contribution < -0.4 is 5.32 Å². The number of carbonyl (C=O) groups is 1. The van der Waals surface area contributed by atoms with E-state index in [1.165, 1.54) is 0 Å². The molecule has 0 spiro atoms. The van der Waals surface area contributed by atoms with Crippen LogP contribution in [0.1, 0.15) is 40.0 Å². The third kappa shape index (κ3) is 5.12. The molecule has 0 aromatic carbocycles. The van der Waals surface area contributed by atoms with Gasteiger partial charge < -0.3 is 10.1 Å². The Kier molecular flexibility index (Phi) is 3.98. The van der Waals surface area contributed by atoms with Crippen LogP contribution in [-0.4, -0.2) is 31.4 Å². The lowest BCUT2D eigenvalue weighted by Crippen LogP contribution is -2.58. The lowest BCUT2D eigenvalue weighted by molar-refractivity contribution is 0.0409. The van der Waals surface area contributed by atoms with Crippen LogP contribution >= 0.6 is 10.7 Å². The summed E-state index contributed by atoms with van der Waals surface area (Å²) in [6.45, 7) is 5.24. The van der Waals surface area contributed by atoms with E-state index in [1.54, 1.807) is 20.8 Å². The summed E-state index contributed by atoms with van der Waals surface area (Å²) in [5.74, 6) is -0.249. The molecule has 5 nitrogen and oxygen atoms in total. The molecule has 100 valence electrons. The van der Waals surface area contributed by atoms with E-state index in [4.69, 9.17) is 15.4 Å². The van der Waals surface area contributed by atoms with Crippen molar-refractivity contribution >= 4 is 25.8 Å². The van der Waals surface area contributed by atoms with E-state index in [0.29, 0.717) is 12.8 Å². The van der Waals surface area contributed by atoms with E-state index < -0.39 is 26.3 Å². The predicted octanol–water partition coefficient (Wildman–Crippen LogP) is 2.00. The van der Waals surface area contributed by atoms with E-state index in [0.717, 1.165) is 6.42 Å². The molecule has 0 unspecified atom stereocenters. The van der Waals surface area contributed by atoms with Crippen LogP contribution in [0.4, 0.5) is 4.79 Å². The van der Waals surface area contributed by atoms with Gasteiger partial charge in [0.15, 0.2) is 0 Å². The Labute approximate surface area is 106 Å². The monoisotopic (exact) mass is 283 g/mol. The number of hydrogen-bond acceptors (Lipinski definition) is 4. The SMILES string of the molecule is CC(C)(C)OC(=O)NC1(CS(=O)(=O)Cl)CCC1. The first-order valence-electron chi connectivity index (χ1n) is 5.45. The van der Waals surface area contributed by atoms with Crippen molar-refractivity contribution in [2.45, 2.75) is 51.2 Å². The Balaban J connectivity index is 2.61. The molecule has 0 aliphatic heterocycles. The zero-order valence-corrected chi connectivity index (χ0v) is 11.8. The van der Waals surface area contributed by atoms with Crippen LogP contribution in [0.15, 0.2) is 0 Å². The van der Waals surface area contributed by atoms with E-state index >= 15 is 0 Å². The van der Waals surface area contributed by atoms with Gasteiger partial charge >= 0.3 is 6.09 Å². The molecule has 0 saturated heterocycles. The number of ether oxygens (including phenoxy) is 1. The van der Waals surface area contributed by atoms with Crippen molar-refractivity contribution in [1.29, 1.82) is 0 Å². The summed E-state index contributed by atoms with van der Waals surface area (Å²) in [5.41, 5.74) is -1.35. The molecule has 1 fully saturated rings. The van der Waals surface area contributed by atoms with Gasteiger partial charge in [-0.1, -0.05) is 0 Å². The number of halogens is 1. The topological polar surface area (TPSA) is 72.5 Å². The zero-order valence-electron chi connectivity index (χ0n) is 10.2. The first kappa shape index (κ1) is 14.6. The van der Waals surface area contributed by atoms with Crippen molar-refractivity contribution in [2.75, 3.05) is 5.75 Å². The second kappa shape index (κ2) is 4.65. The molecule has 0 aromatic rings. The molecule has 1 aliphatic carbocycles. The number of rotatable bonds is 3. The summed E-state index contributed by atoms with van der Waals surface area (Å²) < 4.78 is 27.3. The molecule has 1 saturated carbocycles. The van der Waals surface area contributed by atoms with E-state index in [1.807, 2.05) is 0 Å². The Bertz CT molecular complexity index is 395. The minimum Gasteiger partial charge on any atom is -0.444 e. The third-order valence-electron chi connectivity index (χ3n) is 2.53. The fourth-order valence-electron chi connectivity index (χ4n) is 1.76. The molecule has 1 N–H and O–H groups in total. The molecule has 1 aliphatic rings. The van der Waals surface area contributed by atoms with Crippen molar-refractivity contribution < 1.29 is 17.9 Å². The summed E-state index contributed by atoms with van der Waals surface area (Å²) in [5, 5.41) is 2.62. The second-order valence-electron chi connectivity index (χ2n) is 5.44. The van der Waals surface area contributed by atoms with Crippen molar-refractivity contribution in [3.8, 4) is 0 Å². The highest BCUT2D eigenvalue weighted by molar-refractivity contribution is 8.13. The minimum absolute atomic E-state index is 0.249. The van der Waals surface area contributed by atoms with Gasteiger partial charge in [-0.3, -0.25) is 0 Å². The van der Waals surface area contributed by atoms with Gasteiger partial charge in [-0.25, -0.2) is 13.2 Å². The van der Waals surface area contributed by atoms with Gasteiger partial charge in [-0.2, -0.15) is 0 Å². The highest BCUT2D eigenvalue weighted by Crippen LogP contribution is 2.34. The van der Waals surface area contributed by atoms with Crippen LogP contribution in [0.25, 0.3) is 0 Å². The summed E-state index contributed by atoms with van der Waals surface area (Å²) in [6, 6.07) is 0. The van der Waals surface area contributed by atoms with Gasteiger partial charge in [0.05, 0.1) is 11.3 Å². The number of alkyl carbamates (subject to hydrolysis) is 1. The highest BCUT2D eigenvalue weighted by Gasteiger charge is 2.42. The van der Waals surface area contributed by atoms with E-state index in [-0.39, 0.29) is 5.75 Å². The lowest BCUT2D eigenvalue weighted by atomic mass is 9.78. The second-order valence-corrected chi connectivity index (χ2v) is 8.22. The zero-order chi connectivity index (χ0) is 13.3. The maximum Gasteiger partial charge on any atom is 0.408 e. The Hall–Kier alpha value is -0.490. The van der Waals surface area contributed by atoms with Gasteiger partial charge in [0.25, 0.3) is 0 Å². The Morgan fingerprint density at radius 2 is 1.94 bits per heavy atom. The molecule has 0 heterocycles. The molecule has 0 aromatic heterocycles. The van der Waals surface area contributed by atoms with Gasteiger partial charge in [0.2, 0.25) is 9.05 Å². The molecule has 1 amide bonds. The highest BCUT2D eigenvalue weighted by atomic mass is 35.7. The fourth-order valence-corrected chi connectivity index (χ4v) is 3.41. The van der Waals surface area contributed by atoms with E-state index in [9.17, 15) is 13.2 Å². The summed E-state index contributed by atoms with van der Waals surface area (Å²) in [4.78, 5) is 11.6. The maximum absolute atomic E-state index is 11.6. The van der Waals surface area contributed by atoms with Crippen molar-refractivity contribution in [3.63, 3.8) is 0 Å². The molecule has 1 rings (SSSR count). The third-order valence-corrected chi connectivity index (χ3v) is 3.75. The standard InChI is InChI=1S/C10H18ClNO4S/c1-9(2,3)16-8(13)12-10(5-4-6-10)7-17(11,14)15/h4-7H2,1-3H3,(H,12,13). The normalized spacial score (nSPS) is 19.3. The molecule has 0 bridgehead atoms. The largest absolute Gasteiger partial charge is 0.444 e. The molecule has 0 atom stereocenters. The number of nitrogens with one attached hydrogen (secondary N) is 1. The van der Waals surface area contributed by atoms with Crippen molar-refractivity contribution in [3.05, 3.63) is 0 Å².